The zero-order valence-electron chi connectivity index (χ0n) is 15.8. The largest absolute Gasteiger partial charge is 0.366 e. The van der Waals surface area contributed by atoms with Crippen LogP contribution >= 0.6 is 24.8 Å². The van der Waals surface area contributed by atoms with E-state index in [-0.39, 0.29) is 36.6 Å². The number of rotatable bonds is 8. The van der Waals surface area contributed by atoms with Crippen LogP contribution in [-0.2, 0) is 9.53 Å². The van der Waals surface area contributed by atoms with Crippen LogP contribution in [0.2, 0.25) is 0 Å². The summed E-state index contributed by atoms with van der Waals surface area (Å²) in [5.41, 5.74) is 1.12. The van der Waals surface area contributed by atoms with E-state index in [0.29, 0.717) is 30.9 Å². The van der Waals surface area contributed by atoms with Crippen LogP contribution in [-0.4, -0.2) is 68.7 Å². The van der Waals surface area contributed by atoms with Crippen LogP contribution in [0.25, 0.3) is 0 Å². The number of carbonyl (C=O) groups excluding carboxylic acids is 2. The minimum absolute atomic E-state index is 0. The van der Waals surface area contributed by atoms with Gasteiger partial charge in [0.25, 0.3) is 11.8 Å². The van der Waals surface area contributed by atoms with Crippen molar-refractivity contribution in [1.29, 1.82) is 0 Å². The highest BCUT2D eigenvalue weighted by molar-refractivity contribution is 5.98. The number of anilines is 1. The molecule has 27 heavy (non-hydrogen) atoms. The maximum absolute atomic E-state index is 12.3. The molecule has 0 saturated carbocycles. The molecule has 1 fully saturated rings. The van der Waals surface area contributed by atoms with E-state index in [1.807, 2.05) is 0 Å². The molecule has 1 aromatic carbocycles. The fourth-order valence-electron chi connectivity index (χ4n) is 2.66. The molecular formula is C18H30Cl2N4O3. The Labute approximate surface area is 173 Å². The minimum Gasteiger partial charge on any atom is -0.366 e. The van der Waals surface area contributed by atoms with Crippen molar-refractivity contribution in [3.8, 4) is 0 Å². The molecule has 0 aliphatic carbocycles. The van der Waals surface area contributed by atoms with Crippen LogP contribution < -0.4 is 16.0 Å². The third kappa shape index (κ3) is 8.45. The molecule has 9 heteroatoms. The van der Waals surface area contributed by atoms with Crippen molar-refractivity contribution in [2.75, 3.05) is 51.2 Å². The summed E-state index contributed by atoms with van der Waals surface area (Å²) in [4.78, 5) is 26.7. The zero-order valence-corrected chi connectivity index (χ0v) is 17.5. The molecular weight excluding hydrogens is 391 g/mol. The topological polar surface area (TPSA) is 82.7 Å². The molecule has 1 heterocycles. The average Bonchev–Trinajstić information content (AvgIpc) is 2.66. The van der Waals surface area contributed by atoms with Gasteiger partial charge in [-0.15, -0.1) is 24.8 Å². The van der Waals surface area contributed by atoms with Gasteiger partial charge in [0, 0.05) is 37.4 Å². The monoisotopic (exact) mass is 420 g/mol. The number of likely N-dealkylation sites (N-methyl/N-ethyl adjacent to an activating group) is 1. The highest BCUT2D eigenvalue weighted by atomic mass is 35.5. The van der Waals surface area contributed by atoms with Gasteiger partial charge >= 0.3 is 0 Å². The van der Waals surface area contributed by atoms with Crippen LogP contribution in [0.1, 0.15) is 24.2 Å². The Bertz CT molecular complexity index is 579. The van der Waals surface area contributed by atoms with Gasteiger partial charge in [0.05, 0.1) is 6.61 Å². The van der Waals surface area contributed by atoms with Gasteiger partial charge in [-0.1, -0.05) is 19.9 Å². The van der Waals surface area contributed by atoms with Crippen LogP contribution in [0.15, 0.2) is 24.3 Å². The van der Waals surface area contributed by atoms with Crippen LogP contribution in [0.5, 0.6) is 0 Å². The van der Waals surface area contributed by atoms with Gasteiger partial charge in [0.15, 0.2) is 0 Å². The van der Waals surface area contributed by atoms with Crippen LogP contribution in [0.4, 0.5) is 5.69 Å². The predicted octanol–water partition coefficient (Wildman–Crippen LogP) is 1.53. The summed E-state index contributed by atoms with van der Waals surface area (Å²) in [7, 11) is 0. The van der Waals surface area contributed by atoms with Gasteiger partial charge in [-0.05, 0) is 31.3 Å². The van der Waals surface area contributed by atoms with E-state index in [1.165, 1.54) is 0 Å². The lowest BCUT2D eigenvalue weighted by atomic mass is 10.1. The number of benzene rings is 1. The molecule has 154 valence electrons. The molecule has 1 saturated heterocycles. The number of nitrogens with one attached hydrogen (secondary N) is 3. The molecule has 0 spiro atoms. The minimum atomic E-state index is -0.500. The van der Waals surface area contributed by atoms with Gasteiger partial charge in [-0.2, -0.15) is 0 Å². The molecule has 3 N–H and O–H groups in total. The first-order valence-corrected chi connectivity index (χ1v) is 8.87. The second-order valence-electron chi connectivity index (χ2n) is 5.92. The summed E-state index contributed by atoms with van der Waals surface area (Å²) in [5.74, 6) is -0.342. The molecule has 2 amide bonds. The van der Waals surface area contributed by atoms with Crippen molar-refractivity contribution in [1.82, 2.24) is 15.5 Å². The number of carbonyl (C=O) groups is 2. The highest BCUT2D eigenvalue weighted by Crippen LogP contribution is 2.12. The fraction of sp³-hybridized carbons (Fsp3) is 0.556. The summed E-state index contributed by atoms with van der Waals surface area (Å²) in [6.07, 6.45) is -0.500. The third-order valence-corrected chi connectivity index (χ3v) is 4.22. The van der Waals surface area contributed by atoms with E-state index in [9.17, 15) is 9.59 Å². The summed E-state index contributed by atoms with van der Waals surface area (Å²) in [6, 6.07) is 6.94. The Kier molecular flexibility index (Phi) is 13.0. The van der Waals surface area contributed by atoms with Crippen molar-refractivity contribution < 1.29 is 14.3 Å². The lowest BCUT2D eigenvalue weighted by Crippen LogP contribution is -2.45. The van der Waals surface area contributed by atoms with Crippen molar-refractivity contribution in [2.45, 2.75) is 20.0 Å². The zero-order chi connectivity index (χ0) is 18.1. The number of hydrogen-bond acceptors (Lipinski definition) is 5. The molecule has 0 radical (unpaired) electrons. The number of morpholine rings is 1. The molecule has 7 nitrogen and oxygen atoms in total. The SMILES string of the molecule is CCN(CC)CCNC(=O)c1cccc(NC(=O)C2CNCCO2)c1.Cl.Cl. The Morgan fingerprint density at radius 1 is 1.26 bits per heavy atom. The number of nitrogens with zero attached hydrogens (tertiary/aromatic N) is 1. The van der Waals surface area contributed by atoms with E-state index in [1.54, 1.807) is 24.3 Å². The molecule has 0 bridgehead atoms. The van der Waals surface area contributed by atoms with Crippen LogP contribution in [0.3, 0.4) is 0 Å². The number of ether oxygens (including phenoxy) is 1. The number of hydrogen-bond donors (Lipinski definition) is 3. The van der Waals surface area contributed by atoms with Gasteiger partial charge < -0.3 is 25.6 Å². The number of halogens is 2. The summed E-state index contributed by atoms with van der Waals surface area (Å²) in [5, 5.41) is 8.84. The molecule has 2 rings (SSSR count). The summed E-state index contributed by atoms with van der Waals surface area (Å²) in [6.45, 7) is 9.32. The lowest BCUT2D eigenvalue weighted by Gasteiger charge is -2.22. The van der Waals surface area contributed by atoms with Crippen LogP contribution in [0, 0.1) is 0 Å². The first-order valence-electron chi connectivity index (χ1n) is 8.87. The normalized spacial score (nSPS) is 16.0. The van der Waals surface area contributed by atoms with E-state index >= 15 is 0 Å². The smallest absolute Gasteiger partial charge is 0.254 e. The van der Waals surface area contributed by atoms with Gasteiger partial charge in [-0.3, -0.25) is 9.59 Å². The van der Waals surface area contributed by atoms with E-state index < -0.39 is 6.10 Å². The van der Waals surface area contributed by atoms with E-state index in [0.717, 1.165) is 26.2 Å². The van der Waals surface area contributed by atoms with Gasteiger partial charge in [0.2, 0.25) is 0 Å². The first kappa shape index (κ1) is 25.6. The maximum Gasteiger partial charge on any atom is 0.254 e. The van der Waals surface area contributed by atoms with Crippen molar-refractivity contribution in [3.63, 3.8) is 0 Å². The second-order valence-corrected chi connectivity index (χ2v) is 5.92. The predicted molar refractivity (Wildman–Crippen MR) is 112 cm³/mol. The van der Waals surface area contributed by atoms with E-state index in [4.69, 9.17) is 4.74 Å². The van der Waals surface area contributed by atoms with E-state index in [2.05, 4.69) is 34.7 Å². The molecule has 1 aromatic rings. The van der Waals surface area contributed by atoms with Gasteiger partial charge in [0.1, 0.15) is 6.10 Å². The van der Waals surface area contributed by atoms with Crippen molar-refractivity contribution in [3.05, 3.63) is 29.8 Å². The van der Waals surface area contributed by atoms with Crippen molar-refractivity contribution in [2.24, 2.45) is 0 Å². The Balaban J connectivity index is 0.00000338. The number of amides is 2. The highest BCUT2D eigenvalue weighted by Gasteiger charge is 2.21. The Hall–Kier alpha value is -1.38. The first-order chi connectivity index (χ1) is 12.1. The second kappa shape index (κ2) is 13.7. The summed E-state index contributed by atoms with van der Waals surface area (Å²) >= 11 is 0. The molecule has 1 aliphatic rings. The standard InChI is InChI=1S/C18H28N4O3.2ClH/c1-3-22(4-2)10-8-20-17(23)14-6-5-7-15(12-14)21-18(24)16-13-19-9-11-25-16;;/h5-7,12,16,19H,3-4,8-11,13H2,1-2H3,(H,20,23)(H,21,24);2*1H. The summed E-state index contributed by atoms with van der Waals surface area (Å²) < 4.78 is 5.43. The maximum atomic E-state index is 12.3. The lowest BCUT2D eigenvalue weighted by molar-refractivity contribution is -0.128. The Morgan fingerprint density at radius 3 is 2.63 bits per heavy atom. The molecule has 1 unspecified atom stereocenters. The van der Waals surface area contributed by atoms with Crippen molar-refractivity contribution >= 4 is 42.3 Å². The molecule has 0 aromatic heterocycles. The molecule has 1 atom stereocenters. The third-order valence-electron chi connectivity index (χ3n) is 4.22. The quantitative estimate of drug-likeness (QED) is 0.593. The van der Waals surface area contributed by atoms with Gasteiger partial charge in [-0.25, -0.2) is 0 Å². The fourth-order valence-corrected chi connectivity index (χ4v) is 2.66. The Morgan fingerprint density at radius 2 is 2.00 bits per heavy atom. The average molecular weight is 421 g/mol. The molecule has 1 aliphatic heterocycles.